The summed E-state index contributed by atoms with van der Waals surface area (Å²) in [6, 6.07) is 7.52. The molecule has 1 aromatic rings. The second kappa shape index (κ2) is 7.50. The Morgan fingerprint density at radius 2 is 1.84 bits per heavy atom. The first-order valence-corrected chi connectivity index (χ1v) is 8.37. The maximum atomic E-state index is 11.7. The van der Waals surface area contributed by atoms with Crippen molar-refractivity contribution in [2.75, 3.05) is 18.1 Å². The predicted molar refractivity (Wildman–Crippen MR) is 77.9 cm³/mol. The van der Waals surface area contributed by atoms with E-state index in [1.807, 2.05) is 38.1 Å². The third-order valence-electron chi connectivity index (χ3n) is 2.61. The molecule has 0 heterocycles. The summed E-state index contributed by atoms with van der Waals surface area (Å²) < 4.78 is 28.8. The molecule has 1 rings (SSSR count). The lowest BCUT2D eigenvalue weighted by atomic mass is 10.2. The number of rotatable bonds is 8. The monoisotopic (exact) mass is 285 g/mol. The van der Waals surface area contributed by atoms with Gasteiger partial charge in [-0.3, -0.25) is 0 Å². The minimum Gasteiger partial charge on any atom is -0.494 e. The van der Waals surface area contributed by atoms with Crippen molar-refractivity contribution in [1.82, 2.24) is 0 Å². The molecule has 1 aromatic carbocycles. The van der Waals surface area contributed by atoms with E-state index in [9.17, 15) is 8.42 Å². The molecule has 0 fully saturated rings. The molecule has 108 valence electrons. The first-order chi connectivity index (χ1) is 8.93. The van der Waals surface area contributed by atoms with Gasteiger partial charge in [-0.05, 0) is 30.0 Å². The molecule has 0 aromatic heterocycles. The van der Waals surface area contributed by atoms with Crippen LogP contribution in [-0.4, -0.2) is 26.5 Å². The average Bonchev–Trinajstić information content (AvgIpc) is 2.34. The van der Waals surface area contributed by atoms with Crippen LogP contribution in [0.15, 0.2) is 24.3 Å². The first kappa shape index (κ1) is 16.0. The van der Waals surface area contributed by atoms with E-state index in [4.69, 9.17) is 10.5 Å². The number of nitrogens with two attached hydrogens (primary N) is 1. The molecule has 0 aliphatic heterocycles. The van der Waals surface area contributed by atoms with Gasteiger partial charge in [0.1, 0.15) is 5.75 Å². The fourth-order valence-electron chi connectivity index (χ4n) is 1.78. The maximum Gasteiger partial charge on any atom is 0.150 e. The molecular formula is C14H23NO3S. The summed E-state index contributed by atoms with van der Waals surface area (Å²) in [6.45, 7) is 4.74. The Balaban J connectivity index is 2.30. The highest BCUT2D eigenvalue weighted by Gasteiger charge is 2.12. The van der Waals surface area contributed by atoms with Crippen molar-refractivity contribution >= 4 is 9.84 Å². The van der Waals surface area contributed by atoms with Gasteiger partial charge in [-0.2, -0.15) is 0 Å². The number of sulfone groups is 1. The molecular weight excluding hydrogens is 262 g/mol. The lowest BCUT2D eigenvalue weighted by Crippen LogP contribution is -2.17. The number of ether oxygens (including phenoxy) is 1. The summed E-state index contributed by atoms with van der Waals surface area (Å²) in [7, 11) is -2.94. The molecule has 19 heavy (non-hydrogen) atoms. The van der Waals surface area contributed by atoms with Gasteiger partial charge in [-0.25, -0.2) is 8.42 Å². The van der Waals surface area contributed by atoms with Crippen molar-refractivity contribution in [2.45, 2.75) is 26.8 Å². The van der Waals surface area contributed by atoms with Crippen LogP contribution in [0.4, 0.5) is 0 Å². The van der Waals surface area contributed by atoms with E-state index in [0.29, 0.717) is 19.6 Å². The summed E-state index contributed by atoms with van der Waals surface area (Å²) >= 11 is 0. The van der Waals surface area contributed by atoms with Crippen LogP contribution < -0.4 is 10.5 Å². The van der Waals surface area contributed by atoms with Gasteiger partial charge in [-0.15, -0.1) is 0 Å². The SMILES string of the molecule is CC(C)CS(=O)(=O)CCCOc1ccc(CN)cc1. The summed E-state index contributed by atoms with van der Waals surface area (Å²) in [6.07, 6.45) is 0.522. The van der Waals surface area contributed by atoms with Gasteiger partial charge in [0.25, 0.3) is 0 Å². The molecule has 5 heteroatoms. The minimum atomic E-state index is -2.94. The second-order valence-electron chi connectivity index (χ2n) is 5.06. The van der Waals surface area contributed by atoms with Crippen molar-refractivity contribution < 1.29 is 13.2 Å². The molecule has 0 amide bonds. The molecule has 0 aliphatic carbocycles. The summed E-state index contributed by atoms with van der Waals surface area (Å²) in [5.41, 5.74) is 6.55. The fourth-order valence-corrected chi connectivity index (χ4v) is 3.52. The van der Waals surface area contributed by atoms with Gasteiger partial charge in [0, 0.05) is 6.54 Å². The highest BCUT2D eigenvalue weighted by molar-refractivity contribution is 7.91. The van der Waals surface area contributed by atoms with E-state index in [1.54, 1.807) is 0 Å². The van der Waals surface area contributed by atoms with Gasteiger partial charge in [-0.1, -0.05) is 26.0 Å². The molecule has 0 saturated heterocycles. The number of hydrogen-bond acceptors (Lipinski definition) is 4. The zero-order valence-electron chi connectivity index (χ0n) is 11.6. The lowest BCUT2D eigenvalue weighted by molar-refractivity contribution is 0.317. The molecule has 4 nitrogen and oxygen atoms in total. The maximum absolute atomic E-state index is 11.7. The minimum absolute atomic E-state index is 0.176. The largest absolute Gasteiger partial charge is 0.494 e. The van der Waals surface area contributed by atoms with E-state index in [2.05, 4.69) is 0 Å². The molecule has 0 bridgehead atoms. The Labute approximate surface area is 115 Å². The van der Waals surface area contributed by atoms with Gasteiger partial charge >= 0.3 is 0 Å². The van der Waals surface area contributed by atoms with Crippen LogP contribution in [0.3, 0.4) is 0 Å². The van der Waals surface area contributed by atoms with Crippen molar-refractivity contribution in [3.63, 3.8) is 0 Å². The lowest BCUT2D eigenvalue weighted by Gasteiger charge is -2.08. The Kier molecular flexibility index (Phi) is 6.31. The zero-order valence-corrected chi connectivity index (χ0v) is 12.4. The fraction of sp³-hybridized carbons (Fsp3) is 0.571. The average molecular weight is 285 g/mol. The molecule has 0 spiro atoms. The number of hydrogen-bond donors (Lipinski definition) is 1. The van der Waals surface area contributed by atoms with Crippen LogP contribution in [-0.2, 0) is 16.4 Å². The summed E-state index contributed by atoms with van der Waals surface area (Å²) in [5.74, 6) is 1.36. The van der Waals surface area contributed by atoms with Gasteiger partial charge in [0.15, 0.2) is 9.84 Å². The van der Waals surface area contributed by atoms with Crippen molar-refractivity contribution in [1.29, 1.82) is 0 Å². The molecule has 0 unspecified atom stereocenters. The summed E-state index contributed by atoms with van der Waals surface area (Å²) in [4.78, 5) is 0. The van der Waals surface area contributed by atoms with Crippen LogP contribution in [0.5, 0.6) is 5.75 Å². The Morgan fingerprint density at radius 3 is 2.37 bits per heavy atom. The van der Waals surface area contributed by atoms with E-state index < -0.39 is 9.84 Å². The molecule has 0 atom stereocenters. The smallest absolute Gasteiger partial charge is 0.150 e. The normalized spacial score (nSPS) is 11.8. The third kappa shape index (κ3) is 6.59. The highest BCUT2D eigenvalue weighted by atomic mass is 32.2. The summed E-state index contributed by atoms with van der Waals surface area (Å²) in [5, 5.41) is 0. The Hall–Kier alpha value is -1.07. The molecule has 0 aliphatic rings. The first-order valence-electron chi connectivity index (χ1n) is 6.55. The zero-order chi connectivity index (χ0) is 14.3. The Bertz CT molecular complexity index is 466. The van der Waals surface area contributed by atoms with Crippen molar-refractivity contribution in [2.24, 2.45) is 11.7 Å². The Morgan fingerprint density at radius 1 is 1.21 bits per heavy atom. The number of benzene rings is 1. The standard InChI is InChI=1S/C14H23NO3S/c1-12(2)11-19(16,17)9-3-8-18-14-6-4-13(10-15)5-7-14/h4-7,12H,3,8-11,15H2,1-2H3. The second-order valence-corrected chi connectivity index (χ2v) is 7.29. The van der Waals surface area contributed by atoms with Crippen molar-refractivity contribution in [3.05, 3.63) is 29.8 Å². The quantitative estimate of drug-likeness (QED) is 0.742. The van der Waals surface area contributed by atoms with Crippen molar-refractivity contribution in [3.8, 4) is 5.75 Å². The topological polar surface area (TPSA) is 69.4 Å². The van der Waals surface area contributed by atoms with Gasteiger partial charge < -0.3 is 10.5 Å². The van der Waals surface area contributed by atoms with Gasteiger partial charge in [0.2, 0.25) is 0 Å². The molecule has 2 N–H and O–H groups in total. The van der Waals surface area contributed by atoms with Gasteiger partial charge in [0.05, 0.1) is 18.1 Å². The van der Waals surface area contributed by atoms with E-state index in [0.717, 1.165) is 11.3 Å². The van der Waals surface area contributed by atoms with Crippen LogP contribution in [0.2, 0.25) is 0 Å². The molecule has 0 radical (unpaired) electrons. The van der Waals surface area contributed by atoms with E-state index in [1.165, 1.54) is 0 Å². The van der Waals surface area contributed by atoms with Crippen LogP contribution >= 0.6 is 0 Å². The highest BCUT2D eigenvalue weighted by Crippen LogP contribution is 2.12. The predicted octanol–water partition coefficient (Wildman–Crippen LogP) is 1.98. The van der Waals surface area contributed by atoms with E-state index in [-0.39, 0.29) is 17.4 Å². The third-order valence-corrected chi connectivity index (χ3v) is 4.70. The van der Waals surface area contributed by atoms with Crippen LogP contribution in [0.1, 0.15) is 25.8 Å². The van der Waals surface area contributed by atoms with Crippen LogP contribution in [0, 0.1) is 5.92 Å². The van der Waals surface area contributed by atoms with E-state index >= 15 is 0 Å². The molecule has 0 saturated carbocycles. The van der Waals surface area contributed by atoms with Crippen LogP contribution in [0.25, 0.3) is 0 Å².